The number of aryl methyl sites for hydroxylation is 1. The fourth-order valence-corrected chi connectivity index (χ4v) is 3.06. The number of ether oxygens (including phenoxy) is 5. The van der Waals surface area contributed by atoms with Crippen molar-refractivity contribution in [3.8, 4) is 23.0 Å². The average Bonchev–Trinajstić information content (AvgIpc) is 3.02. The smallest absolute Gasteiger partial charge is 0.346 e. The van der Waals surface area contributed by atoms with Crippen molar-refractivity contribution in [3.63, 3.8) is 0 Å². The summed E-state index contributed by atoms with van der Waals surface area (Å²) in [5.74, 6) is 1.42. The Morgan fingerprint density at radius 3 is 2.48 bits per heavy atom. The molecule has 0 aromatic heterocycles. The molecule has 0 N–H and O–H groups in total. The van der Waals surface area contributed by atoms with Crippen LogP contribution in [-0.2, 0) is 9.53 Å². The summed E-state index contributed by atoms with van der Waals surface area (Å²) in [6.45, 7) is 3.37. The van der Waals surface area contributed by atoms with E-state index in [1.807, 2.05) is 0 Å². The van der Waals surface area contributed by atoms with Crippen LogP contribution >= 0.6 is 0 Å². The lowest BCUT2D eigenvalue weighted by atomic mass is 10.0. The molecule has 1 heterocycles. The Balaban J connectivity index is 1.94. The van der Waals surface area contributed by atoms with Crippen LogP contribution in [0, 0.1) is 6.92 Å². The third-order valence-electron chi connectivity index (χ3n) is 4.51. The highest BCUT2D eigenvalue weighted by molar-refractivity contribution is 6.15. The molecule has 7 heteroatoms. The van der Waals surface area contributed by atoms with Crippen molar-refractivity contribution in [3.05, 3.63) is 52.8 Å². The molecule has 1 atom stereocenters. The number of hydrogen-bond donors (Lipinski definition) is 0. The van der Waals surface area contributed by atoms with Gasteiger partial charge in [-0.05, 0) is 49.8 Å². The number of esters is 1. The van der Waals surface area contributed by atoms with Crippen LogP contribution in [-0.4, -0.2) is 39.2 Å². The summed E-state index contributed by atoms with van der Waals surface area (Å²) in [6, 6.07) is 8.55. The standard InChI is InChI=1S/C22H22O7/c1-12-8-16(28-13(2)22(24)27-5)11-18-20(12)21(23)19(29-18)10-14-9-15(25-3)6-7-17(14)26-4/h6-11,13H,1-5H3/b19-10-. The van der Waals surface area contributed by atoms with Crippen LogP contribution in [0.3, 0.4) is 0 Å². The number of fused-ring (bicyclic) bond motifs is 1. The second-order valence-corrected chi connectivity index (χ2v) is 6.44. The van der Waals surface area contributed by atoms with E-state index in [2.05, 4.69) is 4.74 Å². The van der Waals surface area contributed by atoms with Crippen molar-refractivity contribution in [1.29, 1.82) is 0 Å². The highest BCUT2D eigenvalue weighted by Crippen LogP contribution is 2.38. The molecule has 152 valence electrons. The highest BCUT2D eigenvalue weighted by atomic mass is 16.6. The second-order valence-electron chi connectivity index (χ2n) is 6.44. The van der Waals surface area contributed by atoms with Gasteiger partial charge in [-0.25, -0.2) is 4.79 Å². The van der Waals surface area contributed by atoms with Crippen LogP contribution in [0.1, 0.15) is 28.4 Å². The van der Waals surface area contributed by atoms with Gasteiger partial charge in [0.1, 0.15) is 23.0 Å². The van der Waals surface area contributed by atoms with E-state index in [0.717, 1.165) is 0 Å². The van der Waals surface area contributed by atoms with Gasteiger partial charge in [-0.2, -0.15) is 0 Å². The third kappa shape index (κ3) is 4.03. The largest absolute Gasteiger partial charge is 0.497 e. The molecule has 0 radical (unpaired) electrons. The van der Waals surface area contributed by atoms with E-state index < -0.39 is 12.1 Å². The Morgan fingerprint density at radius 1 is 1.07 bits per heavy atom. The highest BCUT2D eigenvalue weighted by Gasteiger charge is 2.31. The molecule has 29 heavy (non-hydrogen) atoms. The third-order valence-corrected chi connectivity index (χ3v) is 4.51. The van der Waals surface area contributed by atoms with Gasteiger partial charge in [0, 0.05) is 11.6 Å². The molecule has 0 fully saturated rings. The molecule has 3 rings (SSSR count). The van der Waals surface area contributed by atoms with Crippen LogP contribution in [0.4, 0.5) is 0 Å². The lowest BCUT2D eigenvalue weighted by molar-refractivity contribution is -0.147. The van der Waals surface area contributed by atoms with E-state index in [4.69, 9.17) is 18.9 Å². The maximum atomic E-state index is 12.9. The average molecular weight is 398 g/mol. The number of allylic oxidation sites excluding steroid dienone is 1. The van der Waals surface area contributed by atoms with Gasteiger partial charge in [0.15, 0.2) is 11.9 Å². The zero-order chi connectivity index (χ0) is 21.1. The molecule has 0 amide bonds. The minimum absolute atomic E-state index is 0.160. The van der Waals surface area contributed by atoms with E-state index >= 15 is 0 Å². The lowest BCUT2D eigenvalue weighted by Gasteiger charge is -2.13. The maximum Gasteiger partial charge on any atom is 0.346 e. The number of ketones is 1. The molecule has 0 saturated heterocycles. The maximum absolute atomic E-state index is 12.9. The van der Waals surface area contributed by atoms with Crippen molar-refractivity contribution >= 4 is 17.8 Å². The molecule has 1 unspecified atom stereocenters. The van der Waals surface area contributed by atoms with Crippen LogP contribution in [0.15, 0.2) is 36.1 Å². The van der Waals surface area contributed by atoms with Gasteiger partial charge < -0.3 is 23.7 Å². The van der Waals surface area contributed by atoms with Crippen LogP contribution in [0.5, 0.6) is 23.0 Å². The molecule has 7 nitrogen and oxygen atoms in total. The monoisotopic (exact) mass is 398 g/mol. The molecule has 2 aromatic rings. The van der Waals surface area contributed by atoms with Crippen LogP contribution in [0.25, 0.3) is 6.08 Å². The number of Topliss-reactive ketones (excluding diaryl/α,β-unsaturated/α-hetero) is 1. The van der Waals surface area contributed by atoms with Gasteiger partial charge in [-0.3, -0.25) is 4.79 Å². The Bertz CT molecular complexity index is 991. The summed E-state index contributed by atoms with van der Waals surface area (Å²) in [4.78, 5) is 24.5. The number of benzene rings is 2. The van der Waals surface area contributed by atoms with Crippen LogP contribution in [0.2, 0.25) is 0 Å². The van der Waals surface area contributed by atoms with Crippen molar-refractivity contribution < 1.29 is 33.3 Å². The summed E-state index contributed by atoms with van der Waals surface area (Å²) in [7, 11) is 4.40. The number of carbonyl (C=O) groups excluding carboxylic acids is 2. The summed E-state index contributed by atoms with van der Waals surface area (Å²) >= 11 is 0. The Morgan fingerprint density at radius 2 is 1.83 bits per heavy atom. The molecular weight excluding hydrogens is 376 g/mol. The van der Waals surface area contributed by atoms with E-state index in [0.29, 0.717) is 39.7 Å². The van der Waals surface area contributed by atoms with Crippen molar-refractivity contribution in [1.82, 2.24) is 0 Å². The van der Waals surface area contributed by atoms with E-state index in [-0.39, 0.29) is 11.5 Å². The van der Waals surface area contributed by atoms with Crippen molar-refractivity contribution in [2.45, 2.75) is 20.0 Å². The zero-order valence-corrected chi connectivity index (χ0v) is 16.9. The fraction of sp³-hybridized carbons (Fsp3) is 0.273. The van der Waals surface area contributed by atoms with Gasteiger partial charge in [0.05, 0.1) is 26.9 Å². The predicted molar refractivity (Wildman–Crippen MR) is 106 cm³/mol. The minimum atomic E-state index is -0.786. The van der Waals surface area contributed by atoms with E-state index in [1.165, 1.54) is 7.11 Å². The van der Waals surface area contributed by atoms with Gasteiger partial charge >= 0.3 is 5.97 Å². The normalized spacial score (nSPS) is 14.8. The second kappa shape index (κ2) is 8.26. The quantitative estimate of drug-likeness (QED) is 0.544. The minimum Gasteiger partial charge on any atom is -0.497 e. The Kier molecular flexibility index (Phi) is 5.77. The first-order valence-electron chi connectivity index (χ1n) is 8.93. The first-order valence-corrected chi connectivity index (χ1v) is 8.93. The fourth-order valence-electron chi connectivity index (χ4n) is 3.06. The molecule has 0 saturated carbocycles. The molecule has 2 aromatic carbocycles. The SMILES string of the molecule is COC(=O)C(C)Oc1cc(C)c2c(c1)O/C(=C\c1cc(OC)ccc1OC)C2=O. The summed E-state index contributed by atoms with van der Waals surface area (Å²) in [6.07, 6.45) is 0.825. The molecular formula is C22H22O7. The van der Waals surface area contributed by atoms with Crippen molar-refractivity contribution in [2.75, 3.05) is 21.3 Å². The first-order chi connectivity index (χ1) is 13.9. The van der Waals surface area contributed by atoms with Gasteiger partial charge in [-0.15, -0.1) is 0 Å². The summed E-state index contributed by atoms with van der Waals surface area (Å²) in [5, 5.41) is 0. The number of hydrogen-bond acceptors (Lipinski definition) is 7. The number of rotatable bonds is 6. The van der Waals surface area contributed by atoms with Crippen LogP contribution < -0.4 is 18.9 Å². The van der Waals surface area contributed by atoms with E-state index in [9.17, 15) is 9.59 Å². The van der Waals surface area contributed by atoms with Gasteiger partial charge in [0.2, 0.25) is 5.78 Å². The molecule has 1 aliphatic heterocycles. The lowest BCUT2D eigenvalue weighted by Crippen LogP contribution is -2.24. The Hall–Kier alpha value is -3.48. The van der Waals surface area contributed by atoms with Crippen molar-refractivity contribution in [2.24, 2.45) is 0 Å². The zero-order valence-electron chi connectivity index (χ0n) is 16.9. The molecule has 0 spiro atoms. The van der Waals surface area contributed by atoms with E-state index in [1.54, 1.807) is 64.5 Å². The van der Waals surface area contributed by atoms with Gasteiger partial charge in [0.25, 0.3) is 0 Å². The number of methoxy groups -OCH3 is 3. The predicted octanol–water partition coefficient (Wildman–Crippen LogP) is 3.57. The summed E-state index contributed by atoms with van der Waals surface area (Å²) < 4.78 is 26.7. The summed E-state index contributed by atoms with van der Waals surface area (Å²) in [5.41, 5.74) is 1.79. The first kappa shape index (κ1) is 20.3. The Labute approximate surface area is 168 Å². The topological polar surface area (TPSA) is 80.3 Å². The number of carbonyl (C=O) groups is 2. The molecule has 1 aliphatic rings. The molecule has 0 bridgehead atoms. The molecule has 0 aliphatic carbocycles. The van der Waals surface area contributed by atoms with Gasteiger partial charge in [-0.1, -0.05) is 0 Å².